The van der Waals surface area contributed by atoms with Crippen LogP contribution >= 0.6 is 0 Å². The van der Waals surface area contributed by atoms with E-state index in [4.69, 9.17) is 9.15 Å². The van der Waals surface area contributed by atoms with Crippen molar-refractivity contribution in [2.24, 2.45) is 5.10 Å². The summed E-state index contributed by atoms with van der Waals surface area (Å²) in [6.07, 6.45) is 0. The van der Waals surface area contributed by atoms with Gasteiger partial charge in [0.25, 0.3) is 5.91 Å². The van der Waals surface area contributed by atoms with Gasteiger partial charge in [-0.2, -0.15) is 5.10 Å². The average Bonchev–Trinajstić information content (AvgIpc) is 2.75. The van der Waals surface area contributed by atoms with Gasteiger partial charge in [0.15, 0.2) is 6.61 Å². The molecule has 0 saturated heterocycles. The summed E-state index contributed by atoms with van der Waals surface area (Å²) in [5.41, 5.74) is 4.94. The van der Waals surface area contributed by atoms with E-state index in [1.807, 2.05) is 56.3 Å². The van der Waals surface area contributed by atoms with Gasteiger partial charge in [0.1, 0.15) is 11.3 Å². The van der Waals surface area contributed by atoms with Gasteiger partial charge in [0, 0.05) is 17.5 Å². The van der Waals surface area contributed by atoms with Crippen molar-refractivity contribution in [1.82, 2.24) is 5.43 Å². The smallest absolute Gasteiger partial charge is 0.336 e. The van der Waals surface area contributed by atoms with Crippen LogP contribution in [0.4, 0.5) is 0 Å². The highest BCUT2D eigenvalue weighted by molar-refractivity contribution is 6.02. The van der Waals surface area contributed by atoms with Crippen molar-refractivity contribution in [3.8, 4) is 5.75 Å². The van der Waals surface area contributed by atoms with Crippen LogP contribution in [-0.4, -0.2) is 18.2 Å². The molecular formula is C24H20N2O4. The lowest BCUT2D eigenvalue weighted by Gasteiger charge is -2.08. The van der Waals surface area contributed by atoms with Crippen molar-refractivity contribution >= 4 is 33.4 Å². The standard InChI is InChI=1S/C24H20N2O4/c1-15-11-24(28)30-22-13-20(9-10-21(15)22)29-14-23(27)26-25-16(2)18-8-7-17-5-3-4-6-19(17)12-18/h3-13H,14H2,1-2H3,(H,26,27)/b25-16-. The van der Waals surface area contributed by atoms with Crippen LogP contribution in [0, 0.1) is 6.92 Å². The zero-order valence-electron chi connectivity index (χ0n) is 16.6. The third kappa shape index (κ3) is 4.22. The largest absolute Gasteiger partial charge is 0.484 e. The van der Waals surface area contributed by atoms with Gasteiger partial charge in [0.2, 0.25) is 0 Å². The first-order chi connectivity index (χ1) is 14.5. The van der Waals surface area contributed by atoms with Crippen molar-refractivity contribution in [1.29, 1.82) is 0 Å². The lowest BCUT2D eigenvalue weighted by atomic mass is 10.0. The number of ether oxygens (including phenoxy) is 1. The molecule has 3 aromatic carbocycles. The molecular weight excluding hydrogens is 380 g/mol. The van der Waals surface area contributed by atoms with Crippen LogP contribution in [0.2, 0.25) is 0 Å². The topological polar surface area (TPSA) is 80.9 Å². The summed E-state index contributed by atoms with van der Waals surface area (Å²) in [7, 11) is 0. The van der Waals surface area contributed by atoms with Crippen LogP contribution in [0.15, 0.2) is 81.0 Å². The van der Waals surface area contributed by atoms with Crippen molar-refractivity contribution in [2.45, 2.75) is 13.8 Å². The number of hydrazone groups is 1. The molecule has 30 heavy (non-hydrogen) atoms. The number of benzene rings is 3. The molecule has 0 atom stereocenters. The molecule has 1 aromatic heterocycles. The fourth-order valence-electron chi connectivity index (χ4n) is 3.20. The van der Waals surface area contributed by atoms with Crippen molar-refractivity contribution in [3.05, 3.63) is 88.3 Å². The minimum absolute atomic E-state index is 0.212. The van der Waals surface area contributed by atoms with Crippen LogP contribution in [0.25, 0.3) is 21.7 Å². The van der Waals surface area contributed by atoms with E-state index in [-0.39, 0.29) is 12.5 Å². The lowest BCUT2D eigenvalue weighted by Crippen LogP contribution is -2.25. The minimum Gasteiger partial charge on any atom is -0.484 e. The molecule has 150 valence electrons. The van der Waals surface area contributed by atoms with Gasteiger partial charge in [-0.1, -0.05) is 36.4 Å². The molecule has 1 heterocycles. The van der Waals surface area contributed by atoms with Crippen LogP contribution in [-0.2, 0) is 4.79 Å². The molecule has 0 aliphatic carbocycles. The summed E-state index contributed by atoms with van der Waals surface area (Å²) in [6, 6.07) is 20.6. The monoisotopic (exact) mass is 400 g/mol. The van der Waals surface area contributed by atoms with Crippen LogP contribution in [0.5, 0.6) is 5.75 Å². The second kappa shape index (κ2) is 8.21. The Morgan fingerprint density at radius 2 is 1.83 bits per heavy atom. The molecule has 4 aromatic rings. The quantitative estimate of drug-likeness (QED) is 0.310. The van der Waals surface area contributed by atoms with Gasteiger partial charge in [-0.3, -0.25) is 4.79 Å². The van der Waals surface area contributed by atoms with Crippen LogP contribution in [0.1, 0.15) is 18.1 Å². The zero-order valence-corrected chi connectivity index (χ0v) is 16.6. The van der Waals surface area contributed by atoms with E-state index < -0.39 is 5.63 Å². The Labute approximate surface area is 172 Å². The summed E-state index contributed by atoms with van der Waals surface area (Å²) in [6.45, 7) is 3.46. The minimum atomic E-state index is -0.423. The normalized spacial score (nSPS) is 11.6. The number of amides is 1. The number of carbonyl (C=O) groups is 1. The fourth-order valence-corrected chi connectivity index (χ4v) is 3.20. The maximum atomic E-state index is 12.1. The Hall–Kier alpha value is -3.93. The number of hydrogen-bond donors (Lipinski definition) is 1. The van der Waals surface area contributed by atoms with E-state index in [0.717, 1.165) is 27.3 Å². The van der Waals surface area contributed by atoms with E-state index in [0.29, 0.717) is 17.0 Å². The molecule has 0 fully saturated rings. The molecule has 0 spiro atoms. The molecule has 0 radical (unpaired) electrons. The molecule has 6 nitrogen and oxygen atoms in total. The number of carbonyl (C=O) groups excluding carboxylic acids is 1. The first-order valence-corrected chi connectivity index (χ1v) is 9.49. The number of rotatable bonds is 5. The first-order valence-electron chi connectivity index (χ1n) is 9.49. The molecule has 0 aliphatic rings. The van der Waals surface area contributed by atoms with Crippen LogP contribution in [0.3, 0.4) is 0 Å². The number of nitrogens with zero attached hydrogens (tertiary/aromatic N) is 1. The average molecular weight is 400 g/mol. The van der Waals surface area contributed by atoms with E-state index in [1.165, 1.54) is 6.07 Å². The number of aryl methyl sites for hydroxylation is 1. The van der Waals surface area contributed by atoms with Crippen molar-refractivity contribution in [3.63, 3.8) is 0 Å². The maximum Gasteiger partial charge on any atom is 0.336 e. The highest BCUT2D eigenvalue weighted by atomic mass is 16.5. The summed E-state index contributed by atoms with van der Waals surface area (Å²) in [5.74, 6) is 0.0440. The molecule has 1 N–H and O–H groups in total. The van der Waals surface area contributed by atoms with Crippen molar-refractivity contribution in [2.75, 3.05) is 6.61 Å². The summed E-state index contributed by atoms with van der Waals surface area (Å²) < 4.78 is 10.7. The van der Waals surface area contributed by atoms with E-state index in [2.05, 4.69) is 10.5 Å². The molecule has 6 heteroatoms. The van der Waals surface area contributed by atoms with Gasteiger partial charge < -0.3 is 9.15 Å². The maximum absolute atomic E-state index is 12.1. The third-order valence-corrected chi connectivity index (χ3v) is 4.81. The predicted octanol–water partition coefficient (Wildman–Crippen LogP) is 4.17. The molecule has 4 rings (SSSR count). The van der Waals surface area contributed by atoms with Crippen molar-refractivity contribution < 1.29 is 13.9 Å². The molecule has 0 bridgehead atoms. The Balaban J connectivity index is 1.40. The van der Waals surface area contributed by atoms with Gasteiger partial charge in [-0.25, -0.2) is 10.2 Å². The fraction of sp³-hybridized carbons (Fsp3) is 0.125. The van der Waals surface area contributed by atoms with Gasteiger partial charge >= 0.3 is 5.63 Å². The van der Waals surface area contributed by atoms with Gasteiger partial charge in [-0.15, -0.1) is 0 Å². The Morgan fingerprint density at radius 1 is 1.03 bits per heavy atom. The SMILES string of the molecule is C/C(=N/NC(=O)COc1ccc2c(C)cc(=O)oc2c1)c1ccc2ccccc2c1. The zero-order chi connectivity index (χ0) is 21.1. The Kier molecular flexibility index (Phi) is 5.30. The summed E-state index contributed by atoms with van der Waals surface area (Å²) in [5, 5.41) is 7.24. The number of nitrogens with one attached hydrogen (secondary N) is 1. The Bertz CT molecular complexity index is 1340. The summed E-state index contributed by atoms with van der Waals surface area (Å²) >= 11 is 0. The molecule has 0 saturated carbocycles. The van der Waals surface area contributed by atoms with Gasteiger partial charge in [0.05, 0.1) is 5.71 Å². The number of hydrogen-bond acceptors (Lipinski definition) is 5. The third-order valence-electron chi connectivity index (χ3n) is 4.81. The second-order valence-electron chi connectivity index (χ2n) is 6.99. The van der Waals surface area contributed by atoms with E-state index in [1.54, 1.807) is 18.2 Å². The van der Waals surface area contributed by atoms with Gasteiger partial charge in [-0.05, 0) is 53.9 Å². The van der Waals surface area contributed by atoms with E-state index in [9.17, 15) is 9.59 Å². The first kappa shape index (κ1) is 19.4. The van der Waals surface area contributed by atoms with Crippen LogP contribution < -0.4 is 15.8 Å². The number of fused-ring (bicyclic) bond motifs is 2. The molecule has 0 unspecified atom stereocenters. The predicted molar refractivity (Wildman–Crippen MR) is 117 cm³/mol. The summed E-state index contributed by atoms with van der Waals surface area (Å²) in [4.78, 5) is 23.7. The second-order valence-corrected chi connectivity index (χ2v) is 6.99. The Morgan fingerprint density at radius 3 is 2.67 bits per heavy atom. The highest BCUT2D eigenvalue weighted by Gasteiger charge is 2.07. The van der Waals surface area contributed by atoms with E-state index >= 15 is 0 Å². The lowest BCUT2D eigenvalue weighted by molar-refractivity contribution is -0.123. The molecule has 0 aliphatic heterocycles. The molecule has 1 amide bonds. The highest BCUT2D eigenvalue weighted by Crippen LogP contribution is 2.22.